The highest BCUT2D eigenvalue weighted by Crippen LogP contribution is 2.43. The molecule has 0 saturated carbocycles. The van der Waals surface area contributed by atoms with Gasteiger partial charge in [-0.15, -0.1) is 11.3 Å². The lowest BCUT2D eigenvalue weighted by Gasteiger charge is -2.15. The number of benzene rings is 8. The van der Waals surface area contributed by atoms with Crippen LogP contribution in [0.3, 0.4) is 0 Å². The second-order valence-electron chi connectivity index (χ2n) is 14.6. The summed E-state index contributed by atoms with van der Waals surface area (Å²) in [4.78, 5) is 11.1. The third kappa shape index (κ3) is 4.93. The van der Waals surface area contributed by atoms with Crippen LogP contribution in [0, 0.1) is 0 Å². The minimum absolute atomic E-state index is 0.690. The van der Waals surface area contributed by atoms with E-state index in [4.69, 9.17) is 9.97 Å². The van der Waals surface area contributed by atoms with E-state index in [0.717, 1.165) is 54.7 Å². The van der Waals surface area contributed by atoms with E-state index in [0.29, 0.717) is 5.82 Å². The van der Waals surface area contributed by atoms with Gasteiger partial charge in [-0.25, -0.2) is 9.97 Å². The first kappa shape index (κ1) is 32.0. The van der Waals surface area contributed by atoms with E-state index >= 15 is 0 Å². The quantitative estimate of drug-likeness (QED) is 0.176. The number of nitrogens with zero attached hydrogens (tertiary/aromatic N) is 4. The molecule has 4 heterocycles. The van der Waals surface area contributed by atoms with Crippen molar-refractivity contribution >= 4 is 75.3 Å². The smallest absolute Gasteiger partial charge is 0.164 e. The zero-order valence-corrected chi connectivity index (χ0v) is 31.5. The van der Waals surface area contributed by atoms with E-state index < -0.39 is 0 Å². The molecule has 0 radical (unpaired) electrons. The highest BCUT2D eigenvalue weighted by molar-refractivity contribution is 7.26. The molecule has 4 aromatic heterocycles. The minimum atomic E-state index is 0.690. The lowest BCUT2D eigenvalue weighted by atomic mass is 10.0. The number of fused-ring (bicyclic) bond motifs is 9. The molecule has 0 aliphatic rings. The molecule has 0 amide bonds. The Morgan fingerprint density at radius 3 is 1.54 bits per heavy atom. The van der Waals surface area contributed by atoms with Crippen molar-refractivity contribution in [2.24, 2.45) is 0 Å². The molecular formula is C52H32N4S. The lowest BCUT2D eigenvalue weighted by Crippen LogP contribution is -2.04. The van der Waals surface area contributed by atoms with E-state index in [9.17, 15) is 0 Å². The van der Waals surface area contributed by atoms with Gasteiger partial charge in [-0.1, -0.05) is 140 Å². The first-order chi connectivity index (χ1) is 28.3. The number of hydrogen-bond donors (Lipinski definition) is 0. The predicted octanol–water partition coefficient (Wildman–Crippen LogP) is 14.0. The van der Waals surface area contributed by atoms with Crippen LogP contribution >= 0.6 is 11.3 Å². The Hall–Kier alpha value is -7.34. The Morgan fingerprint density at radius 1 is 0.368 bits per heavy atom. The van der Waals surface area contributed by atoms with Gasteiger partial charge < -0.3 is 4.57 Å². The van der Waals surface area contributed by atoms with Crippen molar-refractivity contribution < 1.29 is 0 Å². The number of thiophene rings is 1. The molecule has 8 aromatic carbocycles. The topological polar surface area (TPSA) is 35.6 Å². The number of hydrogen-bond acceptors (Lipinski definition) is 3. The molecule has 0 aliphatic heterocycles. The van der Waals surface area contributed by atoms with Crippen LogP contribution in [0.25, 0.3) is 109 Å². The van der Waals surface area contributed by atoms with Crippen LogP contribution in [-0.4, -0.2) is 19.1 Å². The Bertz CT molecular complexity index is 3520. The minimum Gasteiger partial charge on any atom is -0.309 e. The summed E-state index contributed by atoms with van der Waals surface area (Å²) in [5.74, 6) is 1.58. The highest BCUT2D eigenvalue weighted by Gasteiger charge is 2.23. The van der Waals surface area contributed by atoms with E-state index in [1.54, 1.807) is 11.3 Å². The first-order valence-electron chi connectivity index (χ1n) is 19.3. The second kappa shape index (κ2) is 12.6. The average molecular weight is 745 g/mol. The second-order valence-corrected chi connectivity index (χ2v) is 15.6. The van der Waals surface area contributed by atoms with E-state index in [1.165, 1.54) is 48.5 Å². The molecule has 0 saturated heterocycles. The monoisotopic (exact) mass is 744 g/mol. The molecule has 5 heteroatoms. The molecule has 4 nitrogen and oxygen atoms in total. The van der Waals surface area contributed by atoms with Crippen molar-refractivity contribution in [2.45, 2.75) is 0 Å². The van der Waals surface area contributed by atoms with Crippen LogP contribution in [0.5, 0.6) is 0 Å². The Kier molecular flexibility index (Phi) is 7.06. The Balaban J connectivity index is 1.14. The molecule has 0 aliphatic carbocycles. The molecule has 0 fully saturated rings. The van der Waals surface area contributed by atoms with Crippen molar-refractivity contribution in [3.63, 3.8) is 0 Å². The molecule has 57 heavy (non-hydrogen) atoms. The summed E-state index contributed by atoms with van der Waals surface area (Å²) in [6.45, 7) is 0. The van der Waals surface area contributed by atoms with Crippen LogP contribution in [0.2, 0.25) is 0 Å². The van der Waals surface area contributed by atoms with Crippen LogP contribution < -0.4 is 0 Å². The number of rotatable bonds is 5. The largest absolute Gasteiger partial charge is 0.309 e. The molecule has 0 N–H and O–H groups in total. The number of para-hydroxylation sites is 3. The van der Waals surface area contributed by atoms with Gasteiger partial charge in [0.2, 0.25) is 0 Å². The summed E-state index contributed by atoms with van der Waals surface area (Å²) in [6.07, 6.45) is 0. The van der Waals surface area contributed by atoms with Gasteiger partial charge in [-0.3, -0.25) is 4.57 Å². The first-order valence-corrected chi connectivity index (χ1v) is 20.1. The molecule has 12 rings (SSSR count). The maximum atomic E-state index is 5.62. The number of aromatic nitrogens is 4. The van der Waals surface area contributed by atoms with Gasteiger partial charge in [0.05, 0.1) is 38.0 Å². The average Bonchev–Trinajstić information content (AvgIpc) is 3.94. The van der Waals surface area contributed by atoms with Crippen LogP contribution in [0.15, 0.2) is 194 Å². The maximum Gasteiger partial charge on any atom is 0.164 e. The standard InChI is InChI=1S/C52H32N4S/c1-3-15-33(16-4-1)35-27-29-46-41(31-35)37-19-7-11-23-43(37)55(46)45-25-13-9-21-39(45)51-53-49-40-22-10-14-26-48(40)57-50(49)52(54-51)56-44-24-12-8-20-38(44)42-32-36(28-30-47(42)56)34-17-5-2-6-18-34/h1-32H. The van der Waals surface area contributed by atoms with Crippen LogP contribution in [0.1, 0.15) is 0 Å². The Labute approximate surface area is 332 Å². The predicted molar refractivity (Wildman–Crippen MR) is 240 cm³/mol. The van der Waals surface area contributed by atoms with Crippen molar-refractivity contribution in [3.05, 3.63) is 194 Å². The van der Waals surface area contributed by atoms with Crippen molar-refractivity contribution in [2.75, 3.05) is 0 Å². The normalized spacial score (nSPS) is 11.9. The zero-order valence-electron chi connectivity index (χ0n) is 30.7. The van der Waals surface area contributed by atoms with E-state index in [1.807, 2.05) is 0 Å². The summed E-state index contributed by atoms with van der Waals surface area (Å²) < 4.78 is 7.00. The summed E-state index contributed by atoms with van der Waals surface area (Å²) in [5.41, 5.74) is 12.3. The van der Waals surface area contributed by atoms with Crippen molar-refractivity contribution in [1.29, 1.82) is 0 Å². The van der Waals surface area contributed by atoms with Gasteiger partial charge in [-0.2, -0.15) is 0 Å². The highest BCUT2D eigenvalue weighted by atomic mass is 32.1. The molecule has 0 bridgehead atoms. The van der Waals surface area contributed by atoms with Gasteiger partial charge in [-0.05, 0) is 76.9 Å². The molecule has 0 spiro atoms. The van der Waals surface area contributed by atoms with Crippen molar-refractivity contribution in [1.82, 2.24) is 19.1 Å². The van der Waals surface area contributed by atoms with Gasteiger partial charge in [0.25, 0.3) is 0 Å². The fourth-order valence-corrected chi connectivity index (χ4v) is 9.88. The Morgan fingerprint density at radius 2 is 0.877 bits per heavy atom. The third-order valence-corrected chi connectivity index (χ3v) is 12.5. The fraction of sp³-hybridized carbons (Fsp3) is 0. The summed E-state index contributed by atoms with van der Waals surface area (Å²) in [6, 6.07) is 69.5. The molecule has 0 atom stereocenters. The molecule has 0 unspecified atom stereocenters. The molecule has 12 aromatic rings. The summed E-state index contributed by atoms with van der Waals surface area (Å²) in [7, 11) is 0. The van der Waals surface area contributed by atoms with E-state index in [-0.39, 0.29) is 0 Å². The van der Waals surface area contributed by atoms with Gasteiger partial charge in [0, 0.05) is 37.2 Å². The third-order valence-electron chi connectivity index (χ3n) is 11.4. The maximum absolute atomic E-state index is 5.62. The lowest BCUT2D eigenvalue weighted by molar-refractivity contribution is 1.07. The van der Waals surface area contributed by atoms with E-state index in [2.05, 4.69) is 203 Å². The summed E-state index contributed by atoms with van der Waals surface area (Å²) in [5, 5.41) is 5.95. The van der Waals surface area contributed by atoms with Gasteiger partial charge >= 0.3 is 0 Å². The van der Waals surface area contributed by atoms with Gasteiger partial charge in [0.15, 0.2) is 11.6 Å². The van der Waals surface area contributed by atoms with Crippen molar-refractivity contribution in [3.8, 4) is 45.1 Å². The van der Waals surface area contributed by atoms with Crippen LogP contribution in [0.4, 0.5) is 0 Å². The summed E-state index contributed by atoms with van der Waals surface area (Å²) >= 11 is 1.76. The molecule has 266 valence electrons. The zero-order chi connectivity index (χ0) is 37.5. The molecular weight excluding hydrogens is 713 g/mol. The SMILES string of the molecule is c1ccc(-c2ccc3c(c2)c2ccccc2n3-c2ccccc2-c2nc(-n3c4ccccc4c4cc(-c5ccccc5)ccc43)c3sc4ccccc4c3n2)cc1. The van der Waals surface area contributed by atoms with Gasteiger partial charge in [0.1, 0.15) is 0 Å². The van der Waals surface area contributed by atoms with Crippen LogP contribution in [-0.2, 0) is 0 Å². The fourth-order valence-electron chi connectivity index (χ4n) is 8.76.